The molecule has 2 heterocycles. The Labute approximate surface area is 157 Å². The van der Waals surface area contributed by atoms with Crippen LogP contribution < -0.4 is 10.1 Å². The average molecular weight is 360 g/mol. The molecule has 5 nitrogen and oxygen atoms in total. The smallest absolute Gasteiger partial charge is 0.272 e. The lowest BCUT2D eigenvalue weighted by atomic mass is 10.2. The van der Waals surface area contributed by atoms with Crippen molar-refractivity contribution in [1.29, 1.82) is 0 Å². The van der Waals surface area contributed by atoms with Crippen molar-refractivity contribution < 1.29 is 13.9 Å². The number of para-hydroxylation sites is 1. The number of rotatable bonds is 5. The van der Waals surface area contributed by atoms with Gasteiger partial charge in [-0.1, -0.05) is 35.9 Å². The number of amides is 1. The van der Waals surface area contributed by atoms with Gasteiger partial charge in [0, 0.05) is 23.4 Å². The van der Waals surface area contributed by atoms with E-state index in [4.69, 9.17) is 9.15 Å². The molecule has 0 unspecified atom stereocenters. The highest BCUT2D eigenvalue weighted by Crippen LogP contribution is 2.26. The lowest BCUT2D eigenvalue weighted by Crippen LogP contribution is -2.17. The molecule has 0 spiro atoms. The van der Waals surface area contributed by atoms with Crippen molar-refractivity contribution in [2.45, 2.75) is 13.5 Å². The van der Waals surface area contributed by atoms with E-state index in [2.05, 4.69) is 5.32 Å². The number of hydrogen-bond donors (Lipinski definition) is 1. The van der Waals surface area contributed by atoms with Crippen molar-refractivity contribution in [3.63, 3.8) is 0 Å². The summed E-state index contributed by atoms with van der Waals surface area (Å²) in [5.74, 6) is 0.605. The fourth-order valence-electron chi connectivity index (χ4n) is 3.17. The highest BCUT2D eigenvalue weighted by Gasteiger charge is 2.19. The number of hydrogen-bond acceptors (Lipinski definition) is 3. The molecule has 4 rings (SSSR count). The topological polar surface area (TPSA) is 56.4 Å². The number of aromatic nitrogens is 1. The Hall–Kier alpha value is -3.47. The summed E-state index contributed by atoms with van der Waals surface area (Å²) < 4.78 is 12.9. The number of carbonyl (C=O) groups excluding carboxylic acids is 1. The molecule has 2 aromatic carbocycles. The number of nitrogens with zero attached hydrogens (tertiary/aromatic N) is 1. The molecule has 27 heavy (non-hydrogen) atoms. The van der Waals surface area contributed by atoms with Crippen molar-refractivity contribution in [3.05, 3.63) is 83.7 Å². The number of furan rings is 1. The molecule has 136 valence electrons. The number of methoxy groups -OCH3 is 1. The Morgan fingerprint density at radius 3 is 2.67 bits per heavy atom. The second kappa shape index (κ2) is 7.03. The van der Waals surface area contributed by atoms with Crippen molar-refractivity contribution in [1.82, 2.24) is 4.57 Å². The van der Waals surface area contributed by atoms with Gasteiger partial charge in [-0.15, -0.1) is 0 Å². The minimum Gasteiger partial charge on any atom is -0.496 e. The van der Waals surface area contributed by atoms with Gasteiger partial charge in [-0.25, -0.2) is 0 Å². The van der Waals surface area contributed by atoms with Gasteiger partial charge < -0.3 is 19.0 Å². The zero-order valence-corrected chi connectivity index (χ0v) is 15.2. The predicted octanol–water partition coefficient (Wildman–Crippen LogP) is 4.85. The van der Waals surface area contributed by atoms with Crippen molar-refractivity contribution in [2.24, 2.45) is 0 Å². The van der Waals surface area contributed by atoms with Gasteiger partial charge in [0.2, 0.25) is 0 Å². The summed E-state index contributed by atoms with van der Waals surface area (Å²) in [6, 6.07) is 19.2. The van der Waals surface area contributed by atoms with Crippen LogP contribution in [0.1, 0.15) is 21.6 Å². The molecule has 0 saturated carbocycles. The standard InChI is InChI=1S/C22H20N2O3/c1-15-7-9-17(10-8-15)23-22(25)19-13-21-18(11-12-27-21)24(19)14-16-5-3-4-6-20(16)26-2/h3-13H,14H2,1-2H3,(H,23,25). The summed E-state index contributed by atoms with van der Waals surface area (Å²) in [6.45, 7) is 2.52. The summed E-state index contributed by atoms with van der Waals surface area (Å²) in [4.78, 5) is 12.9. The number of anilines is 1. The molecule has 1 amide bonds. The molecule has 0 aliphatic rings. The first-order valence-corrected chi connectivity index (χ1v) is 8.72. The Balaban J connectivity index is 1.70. The van der Waals surface area contributed by atoms with Crippen LogP contribution in [0.2, 0.25) is 0 Å². The Morgan fingerprint density at radius 1 is 1.11 bits per heavy atom. The summed E-state index contributed by atoms with van der Waals surface area (Å²) in [7, 11) is 1.65. The van der Waals surface area contributed by atoms with Crippen LogP contribution in [0.25, 0.3) is 11.1 Å². The molecule has 0 aliphatic carbocycles. The van der Waals surface area contributed by atoms with Gasteiger partial charge in [0.15, 0.2) is 5.58 Å². The molecule has 0 fully saturated rings. The van der Waals surface area contributed by atoms with Gasteiger partial charge in [-0.05, 0) is 25.1 Å². The van der Waals surface area contributed by atoms with Crippen LogP contribution in [0.3, 0.4) is 0 Å². The van der Waals surface area contributed by atoms with Crippen LogP contribution in [0.5, 0.6) is 5.75 Å². The van der Waals surface area contributed by atoms with Gasteiger partial charge in [0.05, 0.1) is 25.4 Å². The molecule has 5 heteroatoms. The van der Waals surface area contributed by atoms with E-state index in [-0.39, 0.29) is 5.91 Å². The van der Waals surface area contributed by atoms with Gasteiger partial charge >= 0.3 is 0 Å². The third-order valence-electron chi connectivity index (χ3n) is 4.59. The normalized spacial score (nSPS) is 10.9. The SMILES string of the molecule is COc1ccccc1Cn1c(C(=O)Nc2ccc(C)cc2)cc2occc21. The van der Waals surface area contributed by atoms with Gasteiger partial charge in [0.25, 0.3) is 5.91 Å². The molecular weight excluding hydrogens is 340 g/mol. The lowest BCUT2D eigenvalue weighted by Gasteiger charge is -2.13. The first-order chi connectivity index (χ1) is 13.2. The maximum absolute atomic E-state index is 12.9. The number of carbonyl (C=O) groups is 1. The van der Waals surface area contributed by atoms with Crippen LogP contribution in [-0.2, 0) is 6.54 Å². The second-order valence-corrected chi connectivity index (χ2v) is 6.42. The molecule has 0 atom stereocenters. The molecule has 0 saturated heterocycles. The third-order valence-corrected chi connectivity index (χ3v) is 4.59. The molecule has 2 aromatic heterocycles. The molecule has 0 bridgehead atoms. The molecule has 0 aliphatic heterocycles. The summed E-state index contributed by atoms with van der Waals surface area (Å²) in [5, 5.41) is 2.96. The molecule has 0 radical (unpaired) electrons. The summed E-state index contributed by atoms with van der Waals surface area (Å²) in [5.41, 5.74) is 4.98. The maximum Gasteiger partial charge on any atom is 0.272 e. The first kappa shape index (κ1) is 17.0. The van der Waals surface area contributed by atoms with Crippen LogP contribution >= 0.6 is 0 Å². The van der Waals surface area contributed by atoms with Crippen molar-refractivity contribution >= 4 is 22.7 Å². The van der Waals surface area contributed by atoms with E-state index < -0.39 is 0 Å². The Bertz CT molecular complexity index is 1090. The van der Waals surface area contributed by atoms with E-state index in [1.807, 2.05) is 66.1 Å². The lowest BCUT2D eigenvalue weighted by molar-refractivity contribution is 0.101. The Morgan fingerprint density at radius 2 is 1.89 bits per heavy atom. The van der Waals surface area contributed by atoms with E-state index in [9.17, 15) is 4.79 Å². The van der Waals surface area contributed by atoms with Gasteiger partial charge in [-0.2, -0.15) is 0 Å². The molecule has 1 N–H and O–H groups in total. The zero-order chi connectivity index (χ0) is 18.8. The van der Waals surface area contributed by atoms with E-state index in [1.165, 1.54) is 0 Å². The first-order valence-electron chi connectivity index (χ1n) is 8.72. The van der Waals surface area contributed by atoms with Crippen LogP contribution in [-0.4, -0.2) is 17.6 Å². The van der Waals surface area contributed by atoms with E-state index in [0.717, 1.165) is 28.1 Å². The third kappa shape index (κ3) is 3.31. The zero-order valence-electron chi connectivity index (χ0n) is 15.2. The van der Waals surface area contributed by atoms with Crippen LogP contribution in [0, 0.1) is 6.92 Å². The fourth-order valence-corrected chi connectivity index (χ4v) is 3.17. The van der Waals surface area contributed by atoms with E-state index in [1.54, 1.807) is 19.4 Å². The molecule has 4 aromatic rings. The van der Waals surface area contributed by atoms with Crippen molar-refractivity contribution in [2.75, 3.05) is 12.4 Å². The summed E-state index contributed by atoms with van der Waals surface area (Å²) >= 11 is 0. The second-order valence-electron chi connectivity index (χ2n) is 6.42. The fraction of sp³-hybridized carbons (Fsp3) is 0.136. The highest BCUT2D eigenvalue weighted by atomic mass is 16.5. The van der Waals surface area contributed by atoms with Gasteiger partial charge in [0.1, 0.15) is 11.4 Å². The predicted molar refractivity (Wildman–Crippen MR) is 105 cm³/mol. The number of fused-ring (bicyclic) bond motifs is 1. The maximum atomic E-state index is 12.9. The summed E-state index contributed by atoms with van der Waals surface area (Å²) in [6.07, 6.45) is 1.63. The number of ether oxygens (including phenoxy) is 1. The minimum atomic E-state index is -0.180. The van der Waals surface area contributed by atoms with Crippen LogP contribution in [0.4, 0.5) is 5.69 Å². The number of aryl methyl sites for hydroxylation is 1. The number of benzene rings is 2. The number of nitrogens with one attached hydrogen (secondary N) is 1. The van der Waals surface area contributed by atoms with Crippen LogP contribution in [0.15, 0.2) is 71.3 Å². The highest BCUT2D eigenvalue weighted by molar-refractivity contribution is 6.05. The monoisotopic (exact) mass is 360 g/mol. The van der Waals surface area contributed by atoms with Crippen molar-refractivity contribution in [3.8, 4) is 5.75 Å². The molecular formula is C22H20N2O3. The largest absolute Gasteiger partial charge is 0.496 e. The quantitative estimate of drug-likeness (QED) is 0.553. The van der Waals surface area contributed by atoms with Gasteiger partial charge in [-0.3, -0.25) is 4.79 Å². The average Bonchev–Trinajstić information content (AvgIpc) is 3.27. The Kier molecular flexibility index (Phi) is 4.42. The minimum absolute atomic E-state index is 0.180. The van der Waals surface area contributed by atoms with E-state index in [0.29, 0.717) is 17.8 Å². The van der Waals surface area contributed by atoms with E-state index >= 15 is 0 Å².